The lowest BCUT2D eigenvalue weighted by Gasteiger charge is -2.36. The molecular weight excluding hydrogens is 532 g/mol. The molecule has 2 heterocycles. The molecule has 6 nitrogen and oxygen atoms in total. The highest BCUT2D eigenvalue weighted by atomic mass is 35.5. The highest BCUT2D eigenvalue weighted by molar-refractivity contribution is 6.36. The summed E-state index contributed by atoms with van der Waals surface area (Å²) < 4.78 is 1.70. The summed E-state index contributed by atoms with van der Waals surface area (Å²) >= 11 is 6.67. The number of carbonyl (C=O) groups excluding carboxylic acids is 1. The van der Waals surface area contributed by atoms with Crippen LogP contribution in [0.4, 0.5) is 0 Å². The average Bonchev–Trinajstić information content (AvgIpc) is 2.97. The highest BCUT2D eigenvalue weighted by Crippen LogP contribution is 2.29. The molecule has 0 saturated carbocycles. The Hall–Kier alpha value is -3.45. The number of nitrogens with one attached hydrogen (secondary N) is 1. The van der Waals surface area contributed by atoms with Gasteiger partial charge in [-0.05, 0) is 36.1 Å². The van der Waals surface area contributed by atoms with Gasteiger partial charge in [0.15, 0.2) is 0 Å². The summed E-state index contributed by atoms with van der Waals surface area (Å²) in [4.78, 5) is 33.4. The van der Waals surface area contributed by atoms with Gasteiger partial charge in [-0.15, -0.1) is 0 Å². The van der Waals surface area contributed by atoms with Gasteiger partial charge in [-0.1, -0.05) is 93.0 Å². The number of halogens is 1. The number of carbonyl (C=O) groups is 1. The van der Waals surface area contributed by atoms with E-state index in [1.807, 2.05) is 72.8 Å². The largest absolute Gasteiger partial charge is 0.345 e. The molecule has 1 amide bonds. The lowest BCUT2D eigenvalue weighted by atomic mass is 9.99. The van der Waals surface area contributed by atoms with E-state index in [9.17, 15) is 9.59 Å². The van der Waals surface area contributed by atoms with Gasteiger partial charge in [-0.2, -0.15) is 0 Å². The van der Waals surface area contributed by atoms with E-state index in [2.05, 4.69) is 35.9 Å². The third-order valence-corrected chi connectivity index (χ3v) is 8.19. The van der Waals surface area contributed by atoms with Gasteiger partial charge in [0.25, 0.3) is 11.5 Å². The van der Waals surface area contributed by atoms with Crippen LogP contribution in [-0.4, -0.2) is 53.0 Å². The van der Waals surface area contributed by atoms with Gasteiger partial charge in [0.05, 0.1) is 27.7 Å². The molecule has 0 unspecified atom stereocenters. The number of amides is 1. The fraction of sp³-hybridized carbons (Fsp3) is 0.353. The van der Waals surface area contributed by atoms with E-state index in [4.69, 9.17) is 11.6 Å². The van der Waals surface area contributed by atoms with Crippen LogP contribution in [0.1, 0.15) is 54.8 Å². The first-order chi connectivity index (χ1) is 19.9. The van der Waals surface area contributed by atoms with Crippen LogP contribution in [0.2, 0.25) is 5.02 Å². The number of benzene rings is 3. The van der Waals surface area contributed by atoms with Crippen LogP contribution in [0.5, 0.6) is 0 Å². The van der Waals surface area contributed by atoms with E-state index in [1.54, 1.807) is 10.6 Å². The van der Waals surface area contributed by atoms with Crippen molar-refractivity contribution in [3.8, 4) is 5.69 Å². The first kappa shape index (κ1) is 29.1. The molecule has 1 aliphatic rings. The van der Waals surface area contributed by atoms with Crippen molar-refractivity contribution in [1.82, 2.24) is 19.7 Å². The molecule has 1 aliphatic heterocycles. The second-order valence-corrected chi connectivity index (χ2v) is 11.7. The smallest absolute Gasteiger partial charge is 0.264 e. The molecule has 1 fully saturated rings. The van der Waals surface area contributed by atoms with Crippen molar-refractivity contribution in [3.63, 3.8) is 0 Å². The summed E-state index contributed by atoms with van der Waals surface area (Å²) in [5.41, 5.74) is 2.75. The number of fused-ring (bicyclic) bond motifs is 1. The molecule has 0 aliphatic carbocycles. The minimum Gasteiger partial charge on any atom is -0.345 e. The molecule has 1 saturated heterocycles. The number of nitrogens with zero attached hydrogens (tertiary/aromatic N) is 3. The molecule has 41 heavy (non-hydrogen) atoms. The van der Waals surface area contributed by atoms with Gasteiger partial charge < -0.3 is 10.2 Å². The average molecular weight is 571 g/mol. The molecule has 0 bridgehead atoms. The van der Waals surface area contributed by atoms with Crippen molar-refractivity contribution in [1.29, 1.82) is 0 Å². The van der Waals surface area contributed by atoms with Gasteiger partial charge in [0, 0.05) is 50.3 Å². The van der Waals surface area contributed by atoms with Gasteiger partial charge in [0.2, 0.25) is 0 Å². The number of hydrogen-bond donors (Lipinski definition) is 1. The second kappa shape index (κ2) is 13.0. The van der Waals surface area contributed by atoms with Crippen molar-refractivity contribution >= 4 is 28.3 Å². The number of piperazine rings is 1. The van der Waals surface area contributed by atoms with E-state index in [0.717, 1.165) is 50.4 Å². The Morgan fingerprint density at radius 2 is 1.51 bits per heavy atom. The summed E-state index contributed by atoms with van der Waals surface area (Å²) in [5.74, 6) is 0.410. The standard InChI is InChI=1S/C34H39ClN4O2/c1-4-29(25-12-7-5-8-13-25)36-33(40)32-27-16-11-17-28(35)31(27)34(41)39(26-14-9-6-10-15-26)30(32)23-38-20-18-37(19-21-38)22-24(2)3/h5-17,24,29H,4,18-23H2,1-3H3,(H,36,40)/t29-/m0/s1. The summed E-state index contributed by atoms with van der Waals surface area (Å²) in [6.45, 7) is 11.8. The van der Waals surface area contributed by atoms with E-state index in [-0.39, 0.29) is 17.5 Å². The molecular formula is C34H39ClN4O2. The van der Waals surface area contributed by atoms with Crippen LogP contribution in [0.3, 0.4) is 0 Å². The lowest BCUT2D eigenvalue weighted by Crippen LogP contribution is -2.47. The first-order valence-electron chi connectivity index (χ1n) is 14.6. The summed E-state index contributed by atoms with van der Waals surface area (Å²) in [6.07, 6.45) is 0.736. The maximum Gasteiger partial charge on any atom is 0.264 e. The van der Waals surface area contributed by atoms with Crippen LogP contribution < -0.4 is 10.9 Å². The molecule has 0 spiro atoms. The Bertz CT molecular complexity index is 1540. The zero-order valence-electron chi connectivity index (χ0n) is 24.1. The topological polar surface area (TPSA) is 57.6 Å². The zero-order valence-corrected chi connectivity index (χ0v) is 24.9. The van der Waals surface area contributed by atoms with Crippen LogP contribution >= 0.6 is 11.6 Å². The summed E-state index contributed by atoms with van der Waals surface area (Å²) in [6, 6.07) is 24.8. The Balaban J connectivity index is 1.65. The first-order valence-corrected chi connectivity index (χ1v) is 15.0. The molecule has 5 rings (SSSR count). The predicted octanol–water partition coefficient (Wildman–Crippen LogP) is 6.30. The van der Waals surface area contributed by atoms with E-state index in [1.165, 1.54) is 0 Å². The van der Waals surface area contributed by atoms with E-state index >= 15 is 0 Å². The van der Waals surface area contributed by atoms with Gasteiger partial charge >= 0.3 is 0 Å². The number of aromatic nitrogens is 1. The fourth-order valence-corrected chi connectivity index (χ4v) is 6.16. The summed E-state index contributed by atoms with van der Waals surface area (Å²) in [7, 11) is 0. The minimum absolute atomic E-state index is 0.164. The maximum atomic E-state index is 14.3. The quantitative estimate of drug-likeness (QED) is 0.257. The number of rotatable bonds is 9. The van der Waals surface area contributed by atoms with Crippen LogP contribution in [0.15, 0.2) is 83.7 Å². The SMILES string of the molecule is CC[C@H](NC(=O)c1c(CN2CCN(CC(C)C)CC2)n(-c2ccccc2)c(=O)c2c(Cl)cccc12)c1ccccc1. The van der Waals surface area contributed by atoms with Crippen molar-refractivity contribution in [3.05, 3.63) is 111 Å². The highest BCUT2D eigenvalue weighted by Gasteiger charge is 2.28. The van der Waals surface area contributed by atoms with Gasteiger partial charge in [-0.25, -0.2) is 0 Å². The molecule has 7 heteroatoms. The maximum absolute atomic E-state index is 14.3. The summed E-state index contributed by atoms with van der Waals surface area (Å²) in [5, 5.41) is 4.58. The second-order valence-electron chi connectivity index (χ2n) is 11.3. The van der Waals surface area contributed by atoms with Crippen molar-refractivity contribution in [2.24, 2.45) is 5.92 Å². The Morgan fingerprint density at radius 3 is 2.15 bits per heavy atom. The molecule has 3 aromatic carbocycles. The number of para-hydroxylation sites is 1. The Kier molecular flexibility index (Phi) is 9.23. The van der Waals surface area contributed by atoms with E-state index in [0.29, 0.717) is 39.5 Å². The molecule has 0 radical (unpaired) electrons. The van der Waals surface area contributed by atoms with E-state index < -0.39 is 0 Å². The third kappa shape index (κ3) is 6.40. The molecule has 214 valence electrons. The number of hydrogen-bond acceptors (Lipinski definition) is 4. The van der Waals surface area contributed by atoms with Crippen LogP contribution in [0, 0.1) is 5.92 Å². The fourth-order valence-electron chi connectivity index (χ4n) is 5.90. The van der Waals surface area contributed by atoms with Gasteiger partial charge in [-0.3, -0.25) is 19.1 Å². The molecule has 4 aromatic rings. The molecule has 1 aromatic heterocycles. The molecule has 1 N–H and O–H groups in total. The van der Waals surface area contributed by atoms with Crippen LogP contribution in [0.25, 0.3) is 16.5 Å². The van der Waals surface area contributed by atoms with Gasteiger partial charge in [0.1, 0.15) is 0 Å². The Morgan fingerprint density at radius 1 is 0.878 bits per heavy atom. The van der Waals surface area contributed by atoms with Crippen molar-refractivity contribution < 1.29 is 4.79 Å². The van der Waals surface area contributed by atoms with Crippen molar-refractivity contribution in [2.75, 3.05) is 32.7 Å². The monoisotopic (exact) mass is 570 g/mol. The zero-order chi connectivity index (χ0) is 28.9. The molecule has 1 atom stereocenters. The minimum atomic E-state index is -0.211. The normalized spacial score (nSPS) is 15.3. The predicted molar refractivity (Wildman–Crippen MR) is 168 cm³/mol. The third-order valence-electron chi connectivity index (χ3n) is 7.88. The number of pyridine rings is 1. The van der Waals surface area contributed by atoms with Crippen molar-refractivity contribution in [2.45, 2.75) is 39.8 Å². The lowest BCUT2D eigenvalue weighted by molar-refractivity contribution is 0.0929. The Labute approximate surface area is 247 Å². The van der Waals surface area contributed by atoms with Crippen LogP contribution in [-0.2, 0) is 6.54 Å².